The summed E-state index contributed by atoms with van der Waals surface area (Å²) in [5.41, 5.74) is 1.62. The molecule has 0 amide bonds. The molecule has 3 rings (SSSR count). The molecule has 1 aromatic heterocycles. The molecule has 0 saturated carbocycles. The standard InChI is InChI=1S/C18H24N2O/c1-18(2,20-10-6-3-7-11-20)17(21)15-12-14-8-4-5-9-16(14)19-13-15/h4-5,8-9,12-13,17,21H,3,6-7,10-11H2,1-2H3. The van der Waals surface area contributed by atoms with E-state index in [0.29, 0.717) is 0 Å². The Labute approximate surface area is 126 Å². The van der Waals surface area contributed by atoms with Gasteiger partial charge in [0.1, 0.15) is 0 Å². The zero-order valence-electron chi connectivity index (χ0n) is 12.9. The lowest BCUT2D eigenvalue weighted by Gasteiger charge is -2.44. The van der Waals surface area contributed by atoms with Crippen LogP contribution in [-0.4, -0.2) is 33.6 Å². The Morgan fingerprint density at radius 2 is 1.86 bits per heavy atom. The molecular formula is C18H24N2O. The first-order valence-corrected chi connectivity index (χ1v) is 7.87. The predicted molar refractivity (Wildman–Crippen MR) is 86.2 cm³/mol. The minimum Gasteiger partial charge on any atom is -0.386 e. The topological polar surface area (TPSA) is 36.4 Å². The number of rotatable bonds is 3. The molecule has 1 aliphatic rings. The van der Waals surface area contributed by atoms with E-state index in [1.54, 1.807) is 0 Å². The summed E-state index contributed by atoms with van der Waals surface area (Å²) in [6.45, 7) is 6.42. The van der Waals surface area contributed by atoms with Crippen LogP contribution >= 0.6 is 0 Å². The zero-order chi connectivity index (χ0) is 14.9. The van der Waals surface area contributed by atoms with Crippen LogP contribution in [-0.2, 0) is 0 Å². The number of para-hydroxylation sites is 1. The number of hydrogen-bond acceptors (Lipinski definition) is 3. The number of aromatic nitrogens is 1. The van der Waals surface area contributed by atoms with Crippen LogP contribution in [0, 0.1) is 0 Å². The van der Waals surface area contributed by atoms with Crippen molar-refractivity contribution in [2.75, 3.05) is 13.1 Å². The van der Waals surface area contributed by atoms with Gasteiger partial charge in [0, 0.05) is 22.7 Å². The van der Waals surface area contributed by atoms with E-state index in [1.807, 2.05) is 30.5 Å². The van der Waals surface area contributed by atoms with Gasteiger partial charge in [0.15, 0.2) is 0 Å². The van der Waals surface area contributed by atoms with Gasteiger partial charge in [0.25, 0.3) is 0 Å². The summed E-state index contributed by atoms with van der Waals surface area (Å²) in [5, 5.41) is 12.0. The van der Waals surface area contributed by atoms with Crippen LogP contribution < -0.4 is 0 Å². The maximum Gasteiger partial charge on any atom is 0.0983 e. The molecule has 0 spiro atoms. The molecule has 21 heavy (non-hydrogen) atoms. The van der Waals surface area contributed by atoms with Gasteiger partial charge in [-0.2, -0.15) is 0 Å². The molecule has 2 heterocycles. The van der Waals surface area contributed by atoms with Crippen molar-refractivity contribution in [2.45, 2.75) is 44.8 Å². The van der Waals surface area contributed by atoms with Gasteiger partial charge >= 0.3 is 0 Å². The lowest BCUT2D eigenvalue weighted by Crippen LogP contribution is -2.50. The number of nitrogens with zero attached hydrogens (tertiary/aromatic N) is 2. The first kappa shape index (κ1) is 14.5. The van der Waals surface area contributed by atoms with Crippen molar-refractivity contribution in [3.8, 4) is 0 Å². The number of likely N-dealkylation sites (tertiary alicyclic amines) is 1. The fraction of sp³-hybridized carbons (Fsp3) is 0.500. The van der Waals surface area contributed by atoms with Crippen LogP contribution in [0.4, 0.5) is 0 Å². The molecule has 1 aliphatic heterocycles. The highest BCUT2D eigenvalue weighted by Gasteiger charge is 2.36. The first-order chi connectivity index (χ1) is 10.1. The van der Waals surface area contributed by atoms with Gasteiger partial charge in [-0.25, -0.2) is 0 Å². The van der Waals surface area contributed by atoms with Gasteiger partial charge < -0.3 is 5.11 Å². The monoisotopic (exact) mass is 284 g/mol. The molecule has 0 bridgehead atoms. The smallest absolute Gasteiger partial charge is 0.0983 e. The van der Waals surface area contributed by atoms with Crippen LogP contribution in [0.15, 0.2) is 36.5 Å². The van der Waals surface area contributed by atoms with Gasteiger partial charge in [-0.15, -0.1) is 0 Å². The van der Waals surface area contributed by atoms with Crippen LogP contribution in [0.1, 0.15) is 44.8 Å². The van der Waals surface area contributed by atoms with Crippen molar-refractivity contribution in [1.29, 1.82) is 0 Å². The van der Waals surface area contributed by atoms with E-state index in [9.17, 15) is 5.11 Å². The van der Waals surface area contributed by atoms with Crippen LogP contribution in [0.5, 0.6) is 0 Å². The van der Waals surface area contributed by atoms with Gasteiger partial charge in [0.2, 0.25) is 0 Å². The van der Waals surface area contributed by atoms with Gasteiger partial charge in [-0.05, 0) is 51.9 Å². The van der Waals surface area contributed by atoms with Crippen molar-refractivity contribution in [2.24, 2.45) is 0 Å². The van der Waals surface area contributed by atoms with Crippen molar-refractivity contribution >= 4 is 10.9 Å². The van der Waals surface area contributed by atoms with Crippen molar-refractivity contribution in [1.82, 2.24) is 9.88 Å². The van der Waals surface area contributed by atoms with Crippen LogP contribution in [0.2, 0.25) is 0 Å². The van der Waals surface area contributed by atoms with E-state index in [4.69, 9.17) is 0 Å². The highest BCUT2D eigenvalue weighted by molar-refractivity contribution is 5.78. The molecule has 1 atom stereocenters. The molecule has 1 N–H and O–H groups in total. The van der Waals surface area contributed by atoms with Gasteiger partial charge in [-0.3, -0.25) is 9.88 Å². The second kappa shape index (κ2) is 5.74. The second-order valence-electron chi connectivity index (χ2n) is 6.57. The molecule has 1 fully saturated rings. The summed E-state index contributed by atoms with van der Waals surface area (Å²) in [6.07, 6.45) is 5.06. The van der Waals surface area contributed by atoms with Crippen molar-refractivity contribution in [3.05, 3.63) is 42.1 Å². The van der Waals surface area contributed by atoms with E-state index >= 15 is 0 Å². The zero-order valence-corrected chi connectivity index (χ0v) is 12.9. The Hall–Kier alpha value is -1.45. The molecule has 112 valence electrons. The molecule has 1 unspecified atom stereocenters. The normalized spacial score (nSPS) is 18.8. The molecule has 0 aliphatic carbocycles. The van der Waals surface area contributed by atoms with E-state index < -0.39 is 6.10 Å². The lowest BCUT2D eigenvalue weighted by molar-refractivity contribution is -0.0209. The summed E-state index contributed by atoms with van der Waals surface area (Å²) in [5.74, 6) is 0. The number of pyridine rings is 1. The Balaban J connectivity index is 1.89. The molecule has 1 saturated heterocycles. The third-order valence-electron chi connectivity index (χ3n) is 4.77. The number of hydrogen-bond donors (Lipinski definition) is 1. The van der Waals surface area contributed by atoms with E-state index in [-0.39, 0.29) is 5.54 Å². The maximum absolute atomic E-state index is 10.9. The van der Waals surface area contributed by atoms with E-state index in [0.717, 1.165) is 29.6 Å². The Kier molecular flexibility index (Phi) is 3.96. The maximum atomic E-state index is 10.9. The third kappa shape index (κ3) is 2.81. The summed E-state index contributed by atoms with van der Waals surface area (Å²) >= 11 is 0. The second-order valence-corrected chi connectivity index (χ2v) is 6.57. The lowest BCUT2D eigenvalue weighted by atomic mass is 9.88. The SMILES string of the molecule is CC(C)(C(O)c1cnc2ccccc2c1)N1CCCCC1. The number of benzene rings is 1. The minimum atomic E-state index is -0.521. The average molecular weight is 284 g/mol. The fourth-order valence-corrected chi connectivity index (χ4v) is 3.29. The molecule has 0 radical (unpaired) electrons. The summed E-state index contributed by atoms with van der Waals surface area (Å²) < 4.78 is 0. The quantitative estimate of drug-likeness (QED) is 0.936. The number of fused-ring (bicyclic) bond motifs is 1. The van der Waals surface area contributed by atoms with E-state index in [1.165, 1.54) is 19.3 Å². The Morgan fingerprint density at radius 1 is 1.14 bits per heavy atom. The third-order valence-corrected chi connectivity index (χ3v) is 4.77. The highest BCUT2D eigenvalue weighted by atomic mass is 16.3. The Bertz CT molecular complexity index is 617. The highest BCUT2D eigenvalue weighted by Crippen LogP contribution is 2.33. The van der Waals surface area contributed by atoms with E-state index in [2.05, 4.69) is 29.8 Å². The van der Waals surface area contributed by atoms with Crippen molar-refractivity contribution < 1.29 is 5.11 Å². The largest absolute Gasteiger partial charge is 0.386 e. The fourth-order valence-electron chi connectivity index (χ4n) is 3.29. The molecule has 3 nitrogen and oxygen atoms in total. The number of aliphatic hydroxyl groups is 1. The average Bonchev–Trinajstić information content (AvgIpc) is 2.54. The van der Waals surface area contributed by atoms with Gasteiger partial charge in [-0.1, -0.05) is 24.6 Å². The Morgan fingerprint density at radius 3 is 2.62 bits per heavy atom. The predicted octanol–water partition coefficient (Wildman–Crippen LogP) is 3.53. The number of aliphatic hydroxyl groups excluding tert-OH is 1. The first-order valence-electron chi connectivity index (χ1n) is 7.87. The summed E-state index contributed by atoms with van der Waals surface area (Å²) in [6, 6.07) is 10.1. The molecule has 1 aromatic carbocycles. The van der Waals surface area contributed by atoms with Crippen LogP contribution in [0.25, 0.3) is 10.9 Å². The summed E-state index contributed by atoms with van der Waals surface area (Å²) in [7, 11) is 0. The number of piperidine rings is 1. The van der Waals surface area contributed by atoms with Crippen LogP contribution in [0.3, 0.4) is 0 Å². The minimum absolute atomic E-state index is 0.259. The summed E-state index contributed by atoms with van der Waals surface area (Å²) in [4.78, 5) is 6.90. The molecule has 3 heteroatoms. The molecule has 2 aromatic rings. The molecular weight excluding hydrogens is 260 g/mol. The van der Waals surface area contributed by atoms with Crippen molar-refractivity contribution in [3.63, 3.8) is 0 Å². The van der Waals surface area contributed by atoms with Gasteiger partial charge in [0.05, 0.1) is 11.6 Å².